The smallest absolute Gasteiger partial charge is 0.336 e. The Labute approximate surface area is 182 Å². The van der Waals surface area contributed by atoms with Crippen LogP contribution in [0.4, 0.5) is 0 Å². The number of aromatic carboxylic acids is 1. The molecule has 5 nitrogen and oxygen atoms in total. The van der Waals surface area contributed by atoms with Gasteiger partial charge in [-0.1, -0.05) is 80.9 Å². The van der Waals surface area contributed by atoms with E-state index in [-0.39, 0.29) is 5.92 Å². The van der Waals surface area contributed by atoms with Crippen molar-refractivity contribution in [3.63, 3.8) is 0 Å². The number of hydrogen-bond donors (Lipinski definition) is 2. The van der Waals surface area contributed by atoms with Crippen molar-refractivity contribution in [1.29, 1.82) is 0 Å². The molecule has 0 bridgehead atoms. The summed E-state index contributed by atoms with van der Waals surface area (Å²) in [5, 5.41) is 18.7. The van der Waals surface area contributed by atoms with E-state index in [1.54, 1.807) is 17.5 Å². The molecule has 6 heteroatoms. The average Bonchev–Trinajstić information content (AvgIpc) is 3.22. The molecule has 1 heterocycles. The summed E-state index contributed by atoms with van der Waals surface area (Å²) in [6.45, 7) is 2.20. The Kier molecular flexibility index (Phi) is 7.85. The van der Waals surface area contributed by atoms with E-state index in [2.05, 4.69) is 17.1 Å². The lowest BCUT2D eigenvalue weighted by Crippen LogP contribution is -2.02. The molecule has 1 unspecified atom stereocenters. The lowest BCUT2D eigenvalue weighted by atomic mass is 9.97. The van der Waals surface area contributed by atoms with Crippen molar-refractivity contribution in [3.8, 4) is 11.1 Å². The number of nitrogens with one attached hydrogen (secondary N) is 1. The second-order valence-electron chi connectivity index (χ2n) is 7.46. The van der Waals surface area contributed by atoms with Gasteiger partial charge in [0.2, 0.25) is 0 Å². The van der Waals surface area contributed by atoms with Crippen LogP contribution in [0.15, 0.2) is 48.5 Å². The SMILES string of the molecule is CCCCCC(CC=S)c1n[nH]c(Cc2ccc(-c3ccccc3C(=O)O)cc2)n1. The fourth-order valence-corrected chi connectivity index (χ4v) is 3.83. The summed E-state index contributed by atoms with van der Waals surface area (Å²) in [6.07, 6.45) is 6.07. The molecule has 0 spiro atoms. The van der Waals surface area contributed by atoms with Crippen LogP contribution in [-0.2, 0) is 6.42 Å². The minimum absolute atomic E-state index is 0.272. The molecule has 2 N–H and O–H groups in total. The molecule has 0 radical (unpaired) electrons. The van der Waals surface area contributed by atoms with E-state index in [9.17, 15) is 9.90 Å². The van der Waals surface area contributed by atoms with Crippen molar-refractivity contribution in [2.45, 2.75) is 51.4 Å². The monoisotopic (exact) mass is 421 g/mol. The highest BCUT2D eigenvalue weighted by atomic mass is 32.1. The minimum Gasteiger partial charge on any atom is -0.478 e. The number of carbonyl (C=O) groups is 1. The molecule has 156 valence electrons. The van der Waals surface area contributed by atoms with Crippen LogP contribution < -0.4 is 0 Å². The van der Waals surface area contributed by atoms with Crippen molar-refractivity contribution in [2.75, 3.05) is 0 Å². The Bertz CT molecular complexity index is 982. The molecule has 0 aliphatic heterocycles. The van der Waals surface area contributed by atoms with Crippen molar-refractivity contribution in [3.05, 3.63) is 71.3 Å². The number of hydrogen-bond acceptors (Lipinski definition) is 4. The van der Waals surface area contributed by atoms with E-state index in [1.165, 1.54) is 12.8 Å². The molecule has 3 rings (SSSR count). The van der Waals surface area contributed by atoms with E-state index in [0.717, 1.165) is 42.0 Å². The Morgan fingerprint density at radius 2 is 1.93 bits per heavy atom. The first-order chi connectivity index (χ1) is 14.6. The van der Waals surface area contributed by atoms with E-state index in [4.69, 9.17) is 17.2 Å². The highest BCUT2D eigenvalue weighted by Gasteiger charge is 2.16. The summed E-state index contributed by atoms with van der Waals surface area (Å²) >= 11 is 5.07. The average molecular weight is 422 g/mol. The lowest BCUT2D eigenvalue weighted by Gasteiger charge is -2.10. The standard InChI is InChI=1S/C24H27N3O2S/c1-2-3-4-7-19(14-15-30)23-25-22(26-27-23)16-17-10-12-18(13-11-17)20-8-5-6-9-21(20)24(28)29/h5-6,8-13,15,19H,2-4,7,14,16H2,1H3,(H,28,29)(H,25,26,27). The molecule has 0 amide bonds. The number of thiocarbonyl (C=S) groups is 1. The quantitative estimate of drug-likeness (QED) is 0.301. The van der Waals surface area contributed by atoms with Crippen molar-refractivity contribution in [2.24, 2.45) is 0 Å². The van der Waals surface area contributed by atoms with Crippen LogP contribution >= 0.6 is 12.2 Å². The Balaban J connectivity index is 1.70. The highest BCUT2D eigenvalue weighted by molar-refractivity contribution is 7.78. The normalized spacial score (nSPS) is 11.9. The third-order valence-corrected chi connectivity index (χ3v) is 5.44. The summed E-state index contributed by atoms with van der Waals surface area (Å²) < 4.78 is 0. The van der Waals surface area contributed by atoms with Gasteiger partial charge in [0.25, 0.3) is 0 Å². The van der Waals surface area contributed by atoms with Gasteiger partial charge >= 0.3 is 5.97 Å². The number of unbranched alkanes of at least 4 members (excludes halogenated alkanes) is 2. The fraction of sp³-hybridized carbons (Fsp3) is 0.333. The molecule has 1 aromatic heterocycles. The Morgan fingerprint density at radius 3 is 2.63 bits per heavy atom. The van der Waals surface area contributed by atoms with Gasteiger partial charge in [-0.2, -0.15) is 5.10 Å². The number of H-pyrrole nitrogens is 1. The van der Waals surface area contributed by atoms with Crippen molar-refractivity contribution in [1.82, 2.24) is 15.2 Å². The van der Waals surface area contributed by atoms with Gasteiger partial charge in [-0.25, -0.2) is 9.78 Å². The van der Waals surface area contributed by atoms with Crippen molar-refractivity contribution < 1.29 is 9.90 Å². The predicted octanol–water partition coefficient (Wildman–Crippen LogP) is 5.81. The second-order valence-corrected chi connectivity index (χ2v) is 7.79. The van der Waals surface area contributed by atoms with Gasteiger partial charge in [-0.05, 0) is 41.0 Å². The topological polar surface area (TPSA) is 78.9 Å². The minimum atomic E-state index is -0.923. The number of carboxylic acid groups (broad SMARTS) is 1. The van der Waals surface area contributed by atoms with Crippen LogP contribution in [-0.4, -0.2) is 31.6 Å². The van der Waals surface area contributed by atoms with Crippen LogP contribution in [0, 0.1) is 0 Å². The van der Waals surface area contributed by atoms with E-state index in [0.29, 0.717) is 17.5 Å². The summed E-state index contributed by atoms with van der Waals surface area (Å²) in [5.74, 6) is 1.02. The number of aromatic nitrogens is 3. The zero-order valence-corrected chi connectivity index (χ0v) is 18.0. The van der Waals surface area contributed by atoms with E-state index >= 15 is 0 Å². The molecule has 0 saturated carbocycles. The molecule has 3 aromatic rings. The predicted molar refractivity (Wildman–Crippen MR) is 123 cm³/mol. The summed E-state index contributed by atoms with van der Waals surface area (Å²) in [5.41, 5.74) is 2.99. The first-order valence-electron chi connectivity index (χ1n) is 10.4. The maximum Gasteiger partial charge on any atom is 0.336 e. The van der Waals surface area contributed by atoms with Gasteiger partial charge in [0.15, 0.2) is 5.82 Å². The van der Waals surface area contributed by atoms with E-state index < -0.39 is 5.97 Å². The molecular weight excluding hydrogens is 394 g/mol. The molecule has 30 heavy (non-hydrogen) atoms. The Morgan fingerprint density at radius 1 is 1.17 bits per heavy atom. The molecule has 0 aliphatic carbocycles. The number of carboxylic acids is 1. The van der Waals surface area contributed by atoms with Gasteiger partial charge in [0.05, 0.1) is 5.56 Å². The van der Waals surface area contributed by atoms with Crippen LogP contribution in [0.25, 0.3) is 11.1 Å². The van der Waals surface area contributed by atoms with Crippen LogP contribution in [0.5, 0.6) is 0 Å². The molecule has 0 saturated heterocycles. The van der Waals surface area contributed by atoms with Crippen LogP contribution in [0.1, 0.15) is 72.5 Å². The molecular formula is C24H27N3O2S. The molecule has 0 fully saturated rings. The number of benzene rings is 2. The zero-order chi connectivity index (χ0) is 21.3. The highest BCUT2D eigenvalue weighted by Crippen LogP contribution is 2.25. The number of rotatable bonds is 11. The fourth-order valence-electron chi connectivity index (χ4n) is 3.60. The van der Waals surface area contributed by atoms with E-state index in [1.807, 2.05) is 36.4 Å². The number of aromatic amines is 1. The largest absolute Gasteiger partial charge is 0.478 e. The third kappa shape index (κ3) is 5.60. The maximum atomic E-state index is 11.5. The molecule has 1 atom stereocenters. The molecule has 2 aromatic carbocycles. The third-order valence-electron chi connectivity index (χ3n) is 5.25. The molecule has 0 aliphatic rings. The van der Waals surface area contributed by atoms with Gasteiger partial charge in [0.1, 0.15) is 5.82 Å². The first-order valence-corrected chi connectivity index (χ1v) is 10.9. The summed E-state index contributed by atoms with van der Waals surface area (Å²) in [7, 11) is 0. The van der Waals surface area contributed by atoms with Gasteiger partial charge in [-0.15, -0.1) is 0 Å². The van der Waals surface area contributed by atoms with Crippen molar-refractivity contribution >= 4 is 23.6 Å². The van der Waals surface area contributed by atoms with Gasteiger partial charge in [0, 0.05) is 12.3 Å². The summed E-state index contributed by atoms with van der Waals surface area (Å²) in [6, 6.07) is 15.0. The lowest BCUT2D eigenvalue weighted by molar-refractivity contribution is 0.0697. The summed E-state index contributed by atoms with van der Waals surface area (Å²) in [4.78, 5) is 16.2. The van der Waals surface area contributed by atoms with Gasteiger partial charge < -0.3 is 5.11 Å². The second kappa shape index (κ2) is 10.8. The Hall–Kier alpha value is -2.86. The first kappa shape index (κ1) is 21.8. The zero-order valence-electron chi connectivity index (χ0n) is 17.2. The maximum absolute atomic E-state index is 11.5. The van der Waals surface area contributed by atoms with Crippen LogP contribution in [0.2, 0.25) is 0 Å². The van der Waals surface area contributed by atoms with Crippen LogP contribution in [0.3, 0.4) is 0 Å². The number of nitrogens with zero attached hydrogens (tertiary/aromatic N) is 2. The van der Waals surface area contributed by atoms with Gasteiger partial charge in [-0.3, -0.25) is 5.10 Å².